The third kappa shape index (κ3) is 4.57. The number of nitrogens with zero attached hydrogens (tertiary/aromatic N) is 4. The Hall–Kier alpha value is -4.66. The highest BCUT2D eigenvalue weighted by Crippen LogP contribution is 2.46. The number of benzene rings is 1. The van der Waals surface area contributed by atoms with Crippen LogP contribution in [-0.2, 0) is 0 Å². The number of pyridine rings is 2. The number of methoxy groups -OCH3 is 1. The number of aromatic carboxylic acids is 1. The van der Waals surface area contributed by atoms with E-state index >= 15 is 0 Å². The summed E-state index contributed by atoms with van der Waals surface area (Å²) < 4.78 is 19.6. The fourth-order valence-corrected chi connectivity index (χ4v) is 5.17. The number of carboxylic acid groups (broad SMARTS) is 1. The molecule has 0 spiro atoms. The van der Waals surface area contributed by atoms with Crippen LogP contribution in [0.5, 0.6) is 11.5 Å². The molecule has 0 bridgehead atoms. The van der Waals surface area contributed by atoms with Crippen LogP contribution >= 0.6 is 0 Å². The SMILES string of the molecule is COc1cc(C(=O)O)cc(OCC2CC2)c1-c1cn(C(C)c2ccccn2)c2ncc(-c3c(C)noc3C)cc12. The van der Waals surface area contributed by atoms with Gasteiger partial charge in [-0.3, -0.25) is 4.98 Å². The van der Waals surface area contributed by atoms with Crippen LogP contribution in [0.1, 0.15) is 53.3 Å². The molecule has 0 aliphatic heterocycles. The minimum atomic E-state index is -1.05. The van der Waals surface area contributed by atoms with E-state index in [1.807, 2.05) is 44.4 Å². The molecule has 6 rings (SSSR count). The minimum absolute atomic E-state index is 0.103. The molecule has 9 heteroatoms. The van der Waals surface area contributed by atoms with E-state index in [-0.39, 0.29) is 11.6 Å². The lowest BCUT2D eigenvalue weighted by molar-refractivity contribution is 0.0696. The highest BCUT2D eigenvalue weighted by molar-refractivity contribution is 6.01. The molecule has 1 unspecified atom stereocenters. The highest BCUT2D eigenvalue weighted by Gasteiger charge is 2.27. The van der Waals surface area contributed by atoms with Gasteiger partial charge in [0.1, 0.15) is 22.9 Å². The molecule has 0 radical (unpaired) electrons. The number of ether oxygens (including phenoxy) is 2. The zero-order valence-corrected chi connectivity index (χ0v) is 22.8. The molecule has 1 aliphatic rings. The molecule has 0 amide bonds. The molecular weight excluding hydrogens is 508 g/mol. The Morgan fingerprint density at radius 1 is 1.15 bits per heavy atom. The first-order valence-electron chi connectivity index (χ1n) is 13.3. The van der Waals surface area contributed by atoms with Gasteiger partial charge in [-0.15, -0.1) is 0 Å². The molecule has 1 fully saturated rings. The Bertz CT molecular complexity index is 1700. The van der Waals surface area contributed by atoms with Crippen molar-refractivity contribution in [3.8, 4) is 33.8 Å². The number of hydrogen-bond donors (Lipinski definition) is 1. The van der Waals surface area contributed by atoms with Crippen molar-refractivity contribution >= 4 is 17.0 Å². The van der Waals surface area contributed by atoms with Gasteiger partial charge >= 0.3 is 5.97 Å². The van der Waals surface area contributed by atoms with Gasteiger partial charge in [0.2, 0.25) is 0 Å². The maximum atomic E-state index is 12.0. The zero-order chi connectivity index (χ0) is 28.0. The van der Waals surface area contributed by atoms with Crippen LogP contribution in [0.4, 0.5) is 0 Å². The zero-order valence-electron chi connectivity index (χ0n) is 22.8. The van der Waals surface area contributed by atoms with E-state index < -0.39 is 5.97 Å². The van der Waals surface area contributed by atoms with E-state index in [1.54, 1.807) is 25.4 Å². The van der Waals surface area contributed by atoms with Gasteiger partial charge < -0.3 is 23.7 Å². The summed E-state index contributed by atoms with van der Waals surface area (Å²) in [5, 5.41) is 14.8. The molecule has 1 saturated carbocycles. The maximum absolute atomic E-state index is 12.0. The highest BCUT2D eigenvalue weighted by atomic mass is 16.5. The van der Waals surface area contributed by atoms with Crippen LogP contribution in [0.2, 0.25) is 0 Å². The summed E-state index contributed by atoms with van der Waals surface area (Å²) in [4.78, 5) is 21.5. The number of fused-ring (bicyclic) bond motifs is 1. The van der Waals surface area contributed by atoms with E-state index in [2.05, 4.69) is 27.7 Å². The summed E-state index contributed by atoms with van der Waals surface area (Å²) in [6, 6.07) is 10.9. The van der Waals surface area contributed by atoms with Gasteiger partial charge in [0, 0.05) is 40.7 Å². The van der Waals surface area contributed by atoms with Crippen LogP contribution in [-0.4, -0.2) is 44.5 Å². The van der Waals surface area contributed by atoms with Crippen LogP contribution in [0.15, 0.2) is 59.5 Å². The maximum Gasteiger partial charge on any atom is 0.335 e. The van der Waals surface area contributed by atoms with E-state index in [4.69, 9.17) is 19.0 Å². The molecule has 9 nitrogen and oxygen atoms in total. The topological polar surface area (TPSA) is 113 Å². The number of rotatable bonds is 9. The van der Waals surface area contributed by atoms with Gasteiger partial charge in [-0.2, -0.15) is 0 Å². The molecule has 5 aromatic rings. The molecule has 1 atom stereocenters. The van der Waals surface area contributed by atoms with Crippen molar-refractivity contribution in [3.05, 3.63) is 77.7 Å². The molecule has 40 heavy (non-hydrogen) atoms. The van der Waals surface area contributed by atoms with E-state index in [0.717, 1.165) is 52.0 Å². The van der Waals surface area contributed by atoms with E-state index in [1.165, 1.54) is 0 Å². The molecule has 1 N–H and O–H groups in total. The van der Waals surface area contributed by atoms with Crippen molar-refractivity contribution in [3.63, 3.8) is 0 Å². The molecule has 204 valence electrons. The Balaban J connectivity index is 1.62. The fraction of sp³-hybridized carbons (Fsp3) is 0.290. The van der Waals surface area contributed by atoms with Crippen molar-refractivity contribution < 1.29 is 23.9 Å². The van der Waals surface area contributed by atoms with Gasteiger partial charge in [-0.05, 0) is 69.9 Å². The van der Waals surface area contributed by atoms with Gasteiger partial charge in [-0.25, -0.2) is 9.78 Å². The average Bonchev–Trinajstić information content (AvgIpc) is 3.64. The fourth-order valence-electron chi connectivity index (χ4n) is 5.17. The lowest BCUT2D eigenvalue weighted by Gasteiger charge is -2.16. The van der Waals surface area contributed by atoms with Crippen LogP contribution < -0.4 is 9.47 Å². The van der Waals surface area contributed by atoms with Gasteiger partial charge in [0.15, 0.2) is 0 Å². The van der Waals surface area contributed by atoms with Gasteiger partial charge in [-0.1, -0.05) is 11.2 Å². The van der Waals surface area contributed by atoms with Crippen molar-refractivity contribution in [1.29, 1.82) is 0 Å². The standard InChI is InChI=1S/C31H30N4O5/c1-17-28(19(3)40-34-17)22-11-23-24(15-35(30(23)33-14-22)18(2)25-7-5-6-10-32-25)29-26(38-4)12-21(31(36)37)13-27(29)39-16-20-8-9-20/h5-7,10-15,18,20H,8-9,16H2,1-4H3,(H,36,37). The van der Waals surface area contributed by atoms with Crippen LogP contribution in [0.3, 0.4) is 0 Å². The van der Waals surface area contributed by atoms with Crippen molar-refractivity contribution in [1.82, 2.24) is 19.7 Å². The number of hydrogen-bond acceptors (Lipinski definition) is 7. The summed E-state index contributed by atoms with van der Waals surface area (Å²) in [5.41, 5.74) is 5.78. The normalized spacial score (nSPS) is 13.9. The Morgan fingerprint density at radius 3 is 2.60 bits per heavy atom. The summed E-state index contributed by atoms with van der Waals surface area (Å²) in [5.74, 6) is 1.02. The minimum Gasteiger partial charge on any atom is -0.496 e. The molecule has 1 aromatic carbocycles. The first-order valence-corrected chi connectivity index (χ1v) is 13.3. The third-order valence-electron chi connectivity index (χ3n) is 7.50. The van der Waals surface area contributed by atoms with Crippen molar-refractivity contribution in [2.45, 2.75) is 39.7 Å². The lowest BCUT2D eigenvalue weighted by atomic mass is 9.99. The van der Waals surface area contributed by atoms with Crippen LogP contribution in [0.25, 0.3) is 33.3 Å². The van der Waals surface area contributed by atoms with Crippen molar-refractivity contribution in [2.75, 3.05) is 13.7 Å². The largest absolute Gasteiger partial charge is 0.496 e. The molecule has 0 saturated heterocycles. The number of aromatic nitrogens is 4. The molecule has 1 aliphatic carbocycles. The molecular formula is C31H30N4O5. The summed E-state index contributed by atoms with van der Waals surface area (Å²) in [7, 11) is 1.54. The van der Waals surface area contributed by atoms with E-state index in [0.29, 0.717) is 35.3 Å². The second-order valence-corrected chi connectivity index (χ2v) is 10.3. The Morgan fingerprint density at radius 2 is 1.95 bits per heavy atom. The first kappa shape index (κ1) is 25.6. The number of carboxylic acids is 1. The van der Waals surface area contributed by atoms with Crippen LogP contribution in [0, 0.1) is 19.8 Å². The quantitative estimate of drug-likeness (QED) is 0.227. The third-order valence-corrected chi connectivity index (χ3v) is 7.50. The monoisotopic (exact) mass is 538 g/mol. The average molecular weight is 539 g/mol. The first-order chi connectivity index (χ1) is 19.4. The molecule has 4 heterocycles. The number of aryl methyl sites for hydroxylation is 2. The van der Waals surface area contributed by atoms with Crippen molar-refractivity contribution in [2.24, 2.45) is 5.92 Å². The summed E-state index contributed by atoms with van der Waals surface area (Å²) in [6.45, 7) is 6.38. The number of carbonyl (C=O) groups is 1. The van der Waals surface area contributed by atoms with Gasteiger partial charge in [0.05, 0.1) is 42.3 Å². The lowest BCUT2D eigenvalue weighted by Crippen LogP contribution is -2.08. The van der Waals surface area contributed by atoms with Gasteiger partial charge in [0.25, 0.3) is 0 Å². The smallest absolute Gasteiger partial charge is 0.335 e. The Kier molecular flexibility index (Phi) is 6.50. The predicted molar refractivity (Wildman–Crippen MR) is 150 cm³/mol. The second-order valence-electron chi connectivity index (χ2n) is 10.3. The Labute approximate surface area is 231 Å². The second kappa shape index (κ2) is 10.1. The summed E-state index contributed by atoms with van der Waals surface area (Å²) >= 11 is 0. The van der Waals surface area contributed by atoms with E-state index in [9.17, 15) is 9.90 Å². The predicted octanol–water partition coefficient (Wildman–Crippen LogP) is 6.48. The molecule has 4 aromatic heterocycles. The summed E-state index contributed by atoms with van der Waals surface area (Å²) in [6.07, 6.45) is 7.85.